The lowest BCUT2D eigenvalue weighted by atomic mass is 10.1. The molecule has 1 rings (SSSR count). The highest BCUT2D eigenvalue weighted by molar-refractivity contribution is 5.88. The van der Waals surface area contributed by atoms with E-state index in [4.69, 9.17) is 10.2 Å². The number of hydrogen-bond donors (Lipinski definition) is 3. The van der Waals surface area contributed by atoms with Gasteiger partial charge in [-0.3, -0.25) is 0 Å². The lowest BCUT2D eigenvalue weighted by Gasteiger charge is -2.16. The summed E-state index contributed by atoms with van der Waals surface area (Å²) in [5.41, 5.74) is -0.876. The third-order valence-electron chi connectivity index (χ3n) is 2.35. The van der Waals surface area contributed by atoms with Crippen LogP contribution in [0.25, 0.3) is 0 Å². The minimum Gasteiger partial charge on any atom is -0.478 e. The highest BCUT2D eigenvalue weighted by atomic mass is 19.1. The predicted molar refractivity (Wildman–Crippen MR) is 58.1 cm³/mol. The number of carboxylic acids is 1. The first-order valence-corrected chi connectivity index (χ1v) is 5.09. The highest BCUT2D eigenvalue weighted by Gasteiger charge is 2.16. The van der Waals surface area contributed by atoms with Crippen molar-refractivity contribution in [3.63, 3.8) is 0 Å². The van der Waals surface area contributed by atoms with Crippen molar-refractivity contribution in [1.82, 2.24) is 0 Å². The quantitative estimate of drug-likeness (QED) is 0.740. The Balaban J connectivity index is 3.05. The molecule has 3 N–H and O–H groups in total. The fraction of sp³-hybridized carbons (Fsp3) is 0.364. The summed E-state index contributed by atoms with van der Waals surface area (Å²) in [6, 6.07) is 0.991. The van der Waals surface area contributed by atoms with Crippen LogP contribution in [-0.4, -0.2) is 28.8 Å². The van der Waals surface area contributed by atoms with Crippen molar-refractivity contribution in [1.29, 1.82) is 0 Å². The molecule has 4 nitrogen and oxygen atoms in total. The largest absolute Gasteiger partial charge is 0.478 e. The molecule has 0 aliphatic heterocycles. The number of aromatic carboxylic acids is 1. The molecule has 6 heteroatoms. The van der Waals surface area contributed by atoms with Crippen LogP contribution in [0.3, 0.4) is 0 Å². The molecule has 0 amide bonds. The van der Waals surface area contributed by atoms with Crippen LogP contribution in [0.2, 0.25) is 0 Å². The zero-order valence-corrected chi connectivity index (χ0v) is 9.20. The number of carbonyl (C=O) groups is 1. The van der Waals surface area contributed by atoms with Crippen LogP contribution in [0.1, 0.15) is 23.7 Å². The van der Waals surface area contributed by atoms with E-state index in [1.54, 1.807) is 6.92 Å². The maximum absolute atomic E-state index is 13.5. The van der Waals surface area contributed by atoms with Crippen LogP contribution in [0, 0.1) is 11.6 Å². The monoisotopic (exact) mass is 245 g/mol. The first-order chi connectivity index (χ1) is 7.99. The molecule has 0 aliphatic carbocycles. The van der Waals surface area contributed by atoms with Crippen LogP contribution in [0.15, 0.2) is 12.1 Å². The van der Waals surface area contributed by atoms with E-state index in [2.05, 4.69) is 5.32 Å². The van der Waals surface area contributed by atoms with Gasteiger partial charge in [0.1, 0.15) is 17.3 Å². The molecule has 1 unspecified atom stereocenters. The Morgan fingerprint density at radius 1 is 1.41 bits per heavy atom. The molecule has 17 heavy (non-hydrogen) atoms. The molecular weight excluding hydrogens is 232 g/mol. The van der Waals surface area contributed by atoms with E-state index in [1.807, 2.05) is 0 Å². The third kappa shape index (κ3) is 3.13. The summed E-state index contributed by atoms with van der Waals surface area (Å²) in [5.74, 6) is -3.38. The third-order valence-corrected chi connectivity index (χ3v) is 2.35. The molecule has 0 bridgehead atoms. The average molecular weight is 245 g/mol. The maximum Gasteiger partial charge on any atom is 0.335 e. The van der Waals surface area contributed by atoms with Crippen LogP contribution in [-0.2, 0) is 0 Å². The van der Waals surface area contributed by atoms with Crippen molar-refractivity contribution in [2.75, 3.05) is 11.9 Å². The lowest BCUT2D eigenvalue weighted by molar-refractivity contribution is 0.0696. The van der Waals surface area contributed by atoms with Crippen LogP contribution in [0.5, 0.6) is 0 Å². The second kappa shape index (κ2) is 5.58. The van der Waals surface area contributed by atoms with Crippen molar-refractivity contribution in [2.45, 2.75) is 19.4 Å². The molecule has 0 heterocycles. The molecule has 0 fully saturated rings. The molecule has 1 aromatic rings. The summed E-state index contributed by atoms with van der Waals surface area (Å²) in [5, 5.41) is 20.0. The molecule has 0 radical (unpaired) electrons. The summed E-state index contributed by atoms with van der Waals surface area (Å²) in [6.07, 6.45) is 0.482. The number of nitrogens with one attached hydrogen (secondary N) is 1. The zero-order chi connectivity index (χ0) is 13.0. The number of hydrogen-bond acceptors (Lipinski definition) is 3. The molecule has 0 aromatic heterocycles. The Morgan fingerprint density at radius 2 is 1.94 bits per heavy atom. The SMILES string of the molecule is CCC(CO)Nc1c(F)cc(C(=O)O)cc1F. The smallest absolute Gasteiger partial charge is 0.335 e. The Bertz CT molecular complexity index is 396. The van der Waals surface area contributed by atoms with Gasteiger partial charge in [0.05, 0.1) is 12.2 Å². The zero-order valence-electron chi connectivity index (χ0n) is 9.20. The summed E-state index contributed by atoms with van der Waals surface area (Å²) in [7, 11) is 0. The van der Waals surface area contributed by atoms with Gasteiger partial charge in [0.15, 0.2) is 0 Å². The van der Waals surface area contributed by atoms with E-state index in [0.29, 0.717) is 6.42 Å². The van der Waals surface area contributed by atoms with Crippen LogP contribution < -0.4 is 5.32 Å². The molecule has 94 valence electrons. The Labute approximate surface area is 96.9 Å². The van der Waals surface area contributed by atoms with Gasteiger partial charge in [-0.1, -0.05) is 6.92 Å². The Morgan fingerprint density at radius 3 is 2.29 bits per heavy atom. The summed E-state index contributed by atoms with van der Waals surface area (Å²) in [6.45, 7) is 1.48. The van der Waals surface area contributed by atoms with Crippen LogP contribution >= 0.6 is 0 Å². The van der Waals surface area contributed by atoms with Gasteiger partial charge in [0, 0.05) is 6.04 Å². The van der Waals surface area contributed by atoms with Crippen molar-refractivity contribution < 1.29 is 23.8 Å². The normalized spacial score (nSPS) is 12.2. The minimum absolute atomic E-state index is 0.268. The van der Waals surface area contributed by atoms with E-state index in [1.165, 1.54) is 0 Å². The molecule has 1 aromatic carbocycles. The fourth-order valence-corrected chi connectivity index (χ4v) is 1.32. The average Bonchev–Trinajstić information content (AvgIpc) is 2.28. The number of halogens is 2. The summed E-state index contributed by atoms with van der Waals surface area (Å²) >= 11 is 0. The number of aliphatic hydroxyl groups excluding tert-OH is 1. The van der Waals surface area contributed by atoms with E-state index >= 15 is 0 Å². The van der Waals surface area contributed by atoms with Gasteiger partial charge in [0.2, 0.25) is 0 Å². The summed E-state index contributed by atoms with van der Waals surface area (Å²) < 4.78 is 26.9. The topological polar surface area (TPSA) is 69.6 Å². The van der Waals surface area contributed by atoms with Gasteiger partial charge in [0.25, 0.3) is 0 Å². The van der Waals surface area contributed by atoms with Gasteiger partial charge in [-0.05, 0) is 18.6 Å². The number of rotatable bonds is 5. The van der Waals surface area contributed by atoms with Crippen LogP contribution in [0.4, 0.5) is 14.5 Å². The van der Waals surface area contributed by atoms with Gasteiger partial charge in [-0.2, -0.15) is 0 Å². The standard InChI is InChI=1S/C11H13F2NO3/c1-2-7(5-15)14-10-8(12)3-6(11(16)17)4-9(10)13/h3-4,7,14-15H,2,5H2,1H3,(H,16,17). The highest BCUT2D eigenvalue weighted by Crippen LogP contribution is 2.22. The summed E-state index contributed by atoms with van der Waals surface area (Å²) in [4.78, 5) is 10.6. The van der Waals surface area contributed by atoms with Crippen molar-refractivity contribution in [3.05, 3.63) is 29.3 Å². The van der Waals surface area contributed by atoms with E-state index < -0.39 is 34.9 Å². The Kier molecular flexibility index (Phi) is 4.39. The maximum atomic E-state index is 13.5. The van der Waals surface area contributed by atoms with Gasteiger partial charge < -0.3 is 15.5 Å². The van der Waals surface area contributed by atoms with Crippen molar-refractivity contribution in [3.8, 4) is 0 Å². The molecular formula is C11H13F2NO3. The first-order valence-electron chi connectivity index (χ1n) is 5.09. The fourth-order valence-electron chi connectivity index (χ4n) is 1.32. The van der Waals surface area contributed by atoms with E-state index in [9.17, 15) is 13.6 Å². The second-order valence-corrected chi connectivity index (χ2v) is 3.55. The number of benzene rings is 1. The minimum atomic E-state index is -1.40. The second-order valence-electron chi connectivity index (χ2n) is 3.55. The Hall–Kier alpha value is -1.69. The molecule has 0 aliphatic rings. The predicted octanol–water partition coefficient (Wildman–Crippen LogP) is 1.85. The molecule has 0 saturated heterocycles. The number of anilines is 1. The van der Waals surface area contributed by atoms with Crippen molar-refractivity contribution in [2.24, 2.45) is 0 Å². The van der Waals surface area contributed by atoms with Gasteiger partial charge >= 0.3 is 5.97 Å². The van der Waals surface area contributed by atoms with Crippen molar-refractivity contribution >= 4 is 11.7 Å². The number of carboxylic acid groups (broad SMARTS) is 1. The van der Waals surface area contributed by atoms with E-state index in [0.717, 1.165) is 12.1 Å². The molecule has 0 saturated carbocycles. The van der Waals surface area contributed by atoms with E-state index in [-0.39, 0.29) is 6.61 Å². The lowest BCUT2D eigenvalue weighted by Crippen LogP contribution is -2.24. The molecule has 0 spiro atoms. The number of aliphatic hydroxyl groups is 1. The van der Waals surface area contributed by atoms with Gasteiger partial charge in [-0.25, -0.2) is 13.6 Å². The molecule has 1 atom stereocenters. The first kappa shape index (κ1) is 13.4. The van der Waals surface area contributed by atoms with Gasteiger partial charge in [-0.15, -0.1) is 0 Å².